The third-order valence-corrected chi connectivity index (χ3v) is 3.65. The maximum atomic E-state index is 12.0. The molecule has 0 spiro atoms. The van der Waals surface area contributed by atoms with Crippen LogP contribution >= 0.6 is 27.5 Å². The van der Waals surface area contributed by atoms with Crippen molar-refractivity contribution in [2.45, 2.75) is 6.92 Å². The summed E-state index contributed by atoms with van der Waals surface area (Å²) in [4.78, 5) is 12.0. The molecule has 0 aromatic heterocycles. The zero-order valence-electron chi connectivity index (χ0n) is 10.7. The number of halogens is 2. The number of nitrogens with one attached hydrogen (secondary N) is 1. The minimum absolute atomic E-state index is 0.259. The van der Waals surface area contributed by atoms with E-state index in [4.69, 9.17) is 11.6 Å². The van der Waals surface area contributed by atoms with E-state index in [1.54, 1.807) is 24.3 Å². The van der Waals surface area contributed by atoms with Crippen molar-refractivity contribution in [3.05, 3.63) is 69.2 Å². The Morgan fingerprint density at radius 1 is 1.15 bits per heavy atom. The monoisotopic (exact) mass is 350 g/mol. The van der Waals surface area contributed by atoms with E-state index in [2.05, 4.69) is 26.5 Å². The molecule has 1 amide bonds. The molecule has 0 heterocycles. The maximum Gasteiger partial charge on any atom is 0.272 e. The van der Waals surface area contributed by atoms with Gasteiger partial charge >= 0.3 is 0 Å². The molecule has 0 aliphatic carbocycles. The van der Waals surface area contributed by atoms with Gasteiger partial charge in [-0.05, 0) is 52.7 Å². The second-order valence-corrected chi connectivity index (χ2v) is 5.42. The standard InChI is InChI=1S/C15H12BrClN2O/c1-10(11-6-8-12(17)9-7-11)18-19-15(20)13-4-2-3-5-14(13)16/h2-9H,1H3,(H,19,20)/b18-10-. The zero-order valence-corrected chi connectivity index (χ0v) is 13.1. The Labute approximate surface area is 130 Å². The van der Waals surface area contributed by atoms with Gasteiger partial charge in [-0.15, -0.1) is 0 Å². The van der Waals surface area contributed by atoms with E-state index in [0.717, 1.165) is 10.0 Å². The highest BCUT2D eigenvalue weighted by atomic mass is 79.9. The second-order valence-electron chi connectivity index (χ2n) is 4.12. The van der Waals surface area contributed by atoms with Gasteiger partial charge in [0.2, 0.25) is 0 Å². The molecule has 0 radical (unpaired) electrons. The number of amides is 1. The molecule has 3 nitrogen and oxygen atoms in total. The van der Waals surface area contributed by atoms with Gasteiger partial charge in [0, 0.05) is 9.50 Å². The van der Waals surface area contributed by atoms with Gasteiger partial charge in [-0.1, -0.05) is 35.9 Å². The van der Waals surface area contributed by atoms with E-state index in [-0.39, 0.29) is 5.91 Å². The lowest BCUT2D eigenvalue weighted by molar-refractivity contribution is 0.0954. The average Bonchev–Trinajstić information content (AvgIpc) is 2.45. The third kappa shape index (κ3) is 3.68. The van der Waals surface area contributed by atoms with Crippen LogP contribution in [0.1, 0.15) is 22.8 Å². The van der Waals surface area contributed by atoms with Crippen LogP contribution in [-0.4, -0.2) is 11.6 Å². The van der Waals surface area contributed by atoms with E-state index in [1.165, 1.54) is 0 Å². The summed E-state index contributed by atoms with van der Waals surface area (Å²) >= 11 is 9.16. The number of rotatable bonds is 3. The third-order valence-electron chi connectivity index (χ3n) is 2.71. The molecule has 1 N–H and O–H groups in total. The van der Waals surface area contributed by atoms with E-state index in [0.29, 0.717) is 16.3 Å². The van der Waals surface area contributed by atoms with Gasteiger partial charge in [0.1, 0.15) is 0 Å². The van der Waals surface area contributed by atoms with Crippen LogP contribution in [-0.2, 0) is 0 Å². The van der Waals surface area contributed by atoms with Crippen molar-refractivity contribution >= 4 is 39.1 Å². The van der Waals surface area contributed by atoms with Gasteiger partial charge in [0.05, 0.1) is 11.3 Å². The minimum Gasteiger partial charge on any atom is -0.267 e. The van der Waals surface area contributed by atoms with Crippen LogP contribution in [0.4, 0.5) is 0 Å². The first-order chi connectivity index (χ1) is 9.58. The van der Waals surface area contributed by atoms with Crippen LogP contribution in [0.25, 0.3) is 0 Å². The fraction of sp³-hybridized carbons (Fsp3) is 0.0667. The number of carbonyl (C=O) groups is 1. The Morgan fingerprint density at radius 2 is 1.80 bits per heavy atom. The number of hydrazone groups is 1. The molecule has 0 fully saturated rings. The van der Waals surface area contributed by atoms with Gasteiger partial charge < -0.3 is 0 Å². The molecule has 0 unspecified atom stereocenters. The summed E-state index contributed by atoms with van der Waals surface area (Å²) in [6.45, 7) is 1.82. The normalized spacial score (nSPS) is 11.2. The molecule has 2 aromatic rings. The molecule has 0 saturated heterocycles. The summed E-state index contributed by atoms with van der Waals surface area (Å²) in [6.07, 6.45) is 0. The molecule has 102 valence electrons. The molecule has 2 rings (SSSR count). The van der Waals surface area contributed by atoms with E-state index in [1.807, 2.05) is 31.2 Å². The van der Waals surface area contributed by atoms with Crippen molar-refractivity contribution < 1.29 is 4.79 Å². The number of nitrogens with zero attached hydrogens (tertiary/aromatic N) is 1. The number of hydrogen-bond acceptors (Lipinski definition) is 2. The van der Waals surface area contributed by atoms with Crippen LogP contribution in [0, 0.1) is 0 Å². The highest BCUT2D eigenvalue weighted by Crippen LogP contribution is 2.15. The first-order valence-electron chi connectivity index (χ1n) is 5.93. The molecule has 0 aliphatic heterocycles. The molecular weight excluding hydrogens is 340 g/mol. The van der Waals surface area contributed by atoms with Crippen molar-refractivity contribution in [2.75, 3.05) is 0 Å². The Balaban J connectivity index is 2.11. The van der Waals surface area contributed by atoms with Crippen LogP contribution in [0.5, 0.6) is 0 Å². The quantitative estimate of drug-likeness (QED) is 0.651. The lowest BCUT2D eigenvalue weighted by atomic mass is 10.1. The highest BCUT2D eigenvalue weighted by molar-refractivity contribution is 9.10. The van der Waals surface area contributed by atoms with E-state index in [9.17, 15) is 4.79 Å². The smallest absolute Gasteiger partial charge is 0.267 e. The Kier molecular flexibility index (Phi) is 4.93. The Hall–Kier alpha value is -1.65. The second kappa shape index (κ2) is 6.68. The largest absolute Gasteiger partial charge is 0.272 e. The fourth-order valence-corrected chi connectivity index (χ4v) is 2.19. The van der Waals surface area contributed by atoms with Gasteiger partial charge in [0.15, 0.2) is 0 Å². The van der Waals surface area contributed by atoms with E-state index >= 15 is 0 Å². The Bertz CT molecular complexity index is 653. The maximum absolute atomic E-state index is 12.0. The fourth-order valence-electron chi connectivity index (χ4n) is 1.60. The SMILES string of the molecule is C/C(=N/NC(=O)c1ccccc1Br)c1ccc(Cl)cc1. The predicted octanol–water partition coefficient (Wildman–Crippen LogP) is 4.26. The summed E-state index contributed by atoms with van der Waals surface area (Å²) in [5.74, 6) is -0.259. The summed E-state index contributed by atoms with van der Waals surface area (Å²) in [5, 5.41) is 4.76. The average molecular weight is 352 g/mol. The van der Waals surface area contributed by atoms with Crippen molar-refractivity contribution in [2.24, 2.45) is 5.10 Å². The topological polar surface area (TPSA) is 41.5 Å². The molecule has 0 aliphatic rings. The highest BCUT2D eigenvalue weighted by Gasteiger charge is 2.08. The van der Waals surface area contributed by atoms with Gasteiger partial charge in [-0.2, -0.15) is 5.10 Å². The van der Waals surface area contributed by atoms with Crippen LogP contribution in [0.15, 0.2) is 58.1 Å². The van der Waals surface area contributed by atoms with Crippen molar-refractivity contribution in [1.82, 2.24) is 5.43 Å². The molecule has 0 atom stereocenters. The van der Waals surface area contributed by atoms with Crippen LogP contribution < -0.4 is 5.43 Å². The molecule has 5 heteroatoms. The van der Waals surface area contributed by atoms with Crippen molar-refractivity contribution in [3.8, 4) is 0 Å². The molecule has 0 saturated carbocycles. The van der Waals surface area contributed by atoms with Crippen LogP contribution in [0.2, 0.25) is 5.02 Å². The summed E-state index contributed by atoms with van der Waals surface area (Å²) < 4.78 is 0.733. The predicted molar refractivity (Wildman–Crippen MR) is 85.3 cm³/mol. The summed E-state index contributed by atoms with van der Waals surface area (Å²) in [7, 11) is 0. The number of hydrogen-bond donors (Lipinski definition) is 1. The lowest BCUT2D eigenvalue weighted by Gasteiger charge is -2.04. The first-order valence-corrected chi connectivity index (χ1v) is 7.10. The minimum atomic E-state index is -0.259. The van der Waals surface area contributed by atoms with Gasteiger partial charge in [-0.3, -0.25) is 4.79 Å². The van der Waals surface area contributed by atoms with Gasteiger partial charge in [-0.25, -0.2) is 5.43 Å². The van der Waals surface area contributed by atoms with Crippen molar-refractivity contribution in [1.29, 1.82) is 0 Å². The van der Waals surface area contributed by atoms with E-state index < -0.39 is 0 Å². The van der Waals surface area contributed by atoms with Crippen molar-refractivity contribution in [3.63, 3.8) is 0 Å². The van der Waals surface area contributed by atoms with Gasteiger partial charge in [0.25, 0.3) is 5.91 Å². The summed E-state index contributed by atoms with van der Waals surface area (Å²) in [6, 6.07) is 14.5. The summed E-state index contributed by atoms with van der Waals surface area (Å²) in [5.41, 5.74) is 4.70. The van der Waals surface area contributed by atoms with Crippen LogP contribution in [0.3, 0.4) is 0 Å². The lowest BCUT2D eigenvalue weighted by Crippen LogP contribution is -2.19. The first kappa shape index (κ1) is 14.8. The number of benzene rings is 2. The molecule has 20 heavy (non-hydrogen) atoms. The molecule has 0 bridgehead atoms. The zero-order chi connectivity index (χ0) is 14.5. The number of carbonyl (C=O) groups excluding carboxylic acids is 1. The Morgan fingerprint density at radius 3 is 2.45 bits per heavy atom. The molecular formula is C15H12BrClN2O. The molecule has 2 aromatic carbocycles.